The molecule has 1 heterocycles. The zero-order chi connectivity index (χ0) is 18.9. The average molecular weight is 485 g/mol. The van der Waals surface area contributed by atoms with Crippen LogP contribution in [0.3, 0.4) is 0 Å². The van der Waals surface area contributed by atoms with Crippen LogP contribution in [0.4, 0.5) is 0 Å². The summed E-state index contributed by atoms with van der Waals surface area (Å²) in [6, 6.07) is 0. The number of piperazine rings is 1. The third kappa shape index (κ3) is 6.54. The third-order valence-electron chi connectivity index (χ3n) is 8.06. The Bertz CT molecular complexity index is 502. The van der Waals surface area contributed by atoms with Crippen molar-refractivity contribution < 1.29 is 0 Å². The first-order chi connectivity index (χ1) is 13.0. The molecule has 30 heavy (non-hydrogen) atoms. The molecule has 5 aliphatic rings. The van der Waals surface area contributed by atoms with Crippen LogP contribution in [0.25, 0.3) is 0 Å². The Labute approximate surface area is 202 Å². The zero-order valence-electron chi connectivity index (χ0n) is 18.9. The Morgan fingerprint density at radius 2 is 1.43 bits per heavy atom. The molecule has 5 rings (SSSR count). The first kappa shape index (κ1) is 28.1. The van der Waals surface area contributed by atoms with Crippen molar-refractivity contribution in [2.75, 3.05) is 53.4 Å². The van der Waals surface area contributed by atoms with E-state index in [0.717, 1.165) is 30.3 Å². The van der Waals surface area contributed by atoms with Crippen LogP contribution in [0.1, 0.15) is 57.8 Å². The summed E-state index contributed by atoms with van der Waals surface area (Å²) in [7, 11) is 4.44. The molecule has 2 N–H and O–H groups in total. The maximum atomic E-state index is 6.45. The SMILES string of the molecule is CN1CCN(CCCCCN=C(N)N(C)C23CC4CC(CC(C4)C2)C3)CC1.Cl.Cl.Cl. The summed E-state index contributed by atoms with van der Waals surface area (Å²) >= 11 is 0. The van der Waals surface area contributed by atoms with Crippen molar-refractivity contribution in [3.63, 3.8) is 0 Å². The smallest absolute Gasteiger partial charge is 0.191 e. The number of nitrogens with two attached hydrogens (primary N) is 1. The van der Waals surface area contributed by atoms with Gasteiger partial charge < -0.3 is 20.4 Å². The van der Waals surface area contributed by atoms with Gasteiger partial charge in [-0.05, 0) is 82.7 Å². The van der Waals surface area contributed by atoms with Crippen LogP contribution in [0.15, 0.2) is 4.99 Å². The number of hydrogen-bond donors (Lipinski definition) is 1. The standard InChI is InChI=1S/C22H41N5.3ClH/c1-25-8-10-27(11-9-25)7-5-3-4-6-24-21(23)26(2)22-15-18-12-19(16-22)14-20(13-18)17-22;;;/h18-20H,3-17H2,1-2H3,(H2,23,24);3*1H. The minimum atomic E-state index is 0. The molecular weight excluding hydrogens is 441 g/mol. The van der Waals surface area contributed by atoms with Crippen molar-refractivity contribution in [3.8, 4) is 0 Å². The number of nitrogens with zero attached hydrogens (tertiary/aromatic N) is 4. The zero-order valence-corrected chi connectivity index (χ0v) is 21.4. The van der Waals surface area contributed by atoms with Gasteiger partial charge in [0, 0.05) is 45.3 Å². The molecule has 0 unspecified atom stereocenters. The van der Waals surface area contributed by atoms with Crippen molar-refractivity contribution in [2.24, 2.45) is 28.5 Å². The summed E-state index contributed by atoms with van der Waals surface area (Å²) in [5, 5.41) is 0. The van der Waals surface area contributed by atoms with Gasteiger partial charge in [-0.1, -0.05) is 6.42 Å². The molecular formula is C22H44Cl3N5. The number of rotatable bonds is 7. The van der Waals surface area contributed by atoms with E-state index in [4.69, 9.17) is 10.7 Å². The van der Waals surface area contributed by atoms with Crippen molar-refractivity contribution in [1.29, 1.82) is 0 Å². The van der Waals surface area contributed by atoms with Gasteiger partial charge in [-0.2, -0.15) is 0 Å². The second-order valence-electron chi connectivity index (χ2n) is 10.1. The second-order valence-corrected chi connectivity index (χ2v) is 10.1. The first-order valence-electron chi connectivity index (χ1n) is 11.5. The van der Waals surface area contributed by atoms with Gasteiger partial charge in [0.2, 0.25) is 0 Å². The van der Waals surface area contributed by atoms with E-state index >= 15 is 0 Å². The van der Waals surface area contributed by atoms with Crippen molar-refractivity contribution in [3.05, 3.63) is 0 Å². The molecule has 0 aromatic heterocycles. The van der Waals surface area contributed by atoms with E-state index in [1.807, 2.05) is 0 Å². The van der Waals surface area contributed by atoms with E-state index in [1.54, 1.807) is 0 Å². The number of aliphatic imine (C=N–C) groups is 1. The number of guanidine groups is 1. The molecule has 1 aliphatic heterocycles. The van der Waals surface area contributed by atoms with Crippen LogP contribution >= 0.6 is 37.2 Å². The number of unbranched alkanes of at least 4 members (excludes halogenated alkanes) is 2. The lowest BCUT2D eigenvalue weighted by atomic mass is 9.52. The number of likely N-dealkylation sites (N-methyl/N-ethyl adjacent to an activating group) is 1. The van der Waals surface area contributed by atoms with Gasteiger partial charge in [0.25, 0.3) is 0 Å². The fourth-order valence-corrected chi connectivity index (χ4v) is 6.71. The van der Waals surface area contributed by atoms with Gasteiger partial charge in [-0.25, -0.2) is 0 Å². The van der Waals surface area contributed by atoms with Crippen molar-refractivity contribution in [1.82, 2.24) is 14.7 Å². The van der Waals surface area contributed by atoms with Gasteiger partial charge >= 0.3 is 0 Å². The van der Waals surface area contributed by atoms with E-state index in [2.05, 4.69) is 28.8 Å². The molecule has 5 nitrogen and oxygen atoms in total. The molecule has 4 saturated carbocycles. The summed E-state index contributed by atoms with van der Waals surface area (Å²) in [5.41, 5.74) is 6.78. The molecule has 178 valence electrons. The number of hydrogen-bond acceptors (Lipinski definition) is 3. The molecule has 0 aromatic carbocycles. The highest BCUT2D eigenvalue weighted by molar-refractivity contribution is 5.86. The summed E-state index contributed by atoms with van der Waals surface area (Å²) in [5.74, 6) is 3.68. The molecule has 4 aliphatic carbocycles. The third-order valence-corrected chi connectivity index (χ3v) is 8.06. The summed E-state index contributed by atoms with van der Waals surface area (Å²) in [6.45, 7) is 7.05. The highest BCUT2D eigenvalue weighted by Crippen LogP contribution is 2.57. The molecule has 8 heteroatoms. The molecule has 0 amide bonds. The fraction of sp³-hybridized carbons (Fsp3) is 0.955. The van der Waals surface area contributed by atoms with Crippen LogP contribution in [0.5, 0.6) is 0 Å². The lowest BCUT2D eigenvalue weighted by Gasteiger charge is -2.60. The largest absolute Gasteiger partial charge is 0.370 e. The van der Waals surface area contributed by atoms with E-state index in [9.17, 15) is 0 Å². The Kier molecular flexibility index (Phi) is 11.6. The van der Waals surface area contributed by atoms with Crippen molar-refractivity contribution >= 4 is 43.2 Å². The molecule has 0 aromatic rings. The normalized spacial score (nSPS) is 33.4. The van der Waals surface area contributed by atoms with Crippen LogP contribution in [-0.2, 0) is 0 Å². The topological polar surface area (TPSA) is 48.1 Å². The Balaban J connectivity index is 0.00000150. The van der Waals surface area contributed by atoms with E-state index in [0.29, 0.717) is 5.54 Å². The van der Waals surface area contributed by atoms with Gasteiger partial charge in [0.1, 0.15) is 0 Å². The molecule has 0 spiro atoms. The maximum absolute atomic E-state index is 6.45. The van der Waals surface area contributed by atoms with Crippen LogP contribution in [0.2, 0.25) is 0 Å². The Morgan fingerprint density at radius 1 is 0.900 bits per heavy atom. The maximum Gasteiger partial charge on any atom is 0.191 e. The Hall–Kier alpha value is 0.0600. The second kappa shape index (κ2) is 12.3. The van der Waals surface area contributed by atoms with Gasteiger partial charge in [0.15, 0.2) is 5.96 Å². The summed E-state index contributed by atoms with van der Waals surface area (Å²) < 4.78 is 0. The van der Waals surface area contributed by atoms with Crippen LogP contribution < -0.4 is 5.73 Å². The van der Waals surface area contributed by atoms with Gasteiger partial charge in [0.05, 0.1) is 0 Å². The summed E-state index contributed by atoms with van der Waals surface area (Å²) in [4.78, 5) is 12.2. The molecule has 0 atom stereocenters. The predicted octanol–water partition coefficient (Wildman–Crippen LogP) is 3.88. The molecule has 0 radical (unpaired) electrons. The van der Waals surface area contributed by atoms with Gasteiger partial charge in [-0.15, -0.1) is 37.2 Å². The van der Waals surface area contributed by atoms with E-state index in [1.165, 1.54) is 90.5 Å². The molecule has 4 bridgehead atoms. The monoisotopic (exact) mass is 483 g/mol. The lowest BCUT2D eigenvalue weighted by molar-refractivity contribution is -0.0550. The van der Waals surface area contributed by atoms with Gasteiger partial charge in [-0.3, -0.25) is 4.99 Å². The highest BCUT2D eigenvalue weighted by atomic mass is 35.5. The fourth-order valence-electron chi connectivity index (χ4n) is 6.71. The molecule has 1 saturated heterocycles. The Morgan fingerprint density at radius 3 is 1.97 bits per heavy atom. The van der Waals surface area contributed by atoms with Crippen LogP contribution in [-0.4, -0.2) is 79.6 Å². The van der Waals surface area contributed by atoms with Crippen molar-refractivity contribution in [2.45, 2.75) is 63.3 Å². The minimum Gasteiger partial charge on any atom is -0.370 e. The average Bonchev–Trinajstić information content (AvgIpc) is 2.64. The summed E-state index contributed by atoms with van der Waals surface area (Å²) in [6.07, 6.45) is 12.3. The number of halogens is 3. The quantitative estimate of drug-likeness (QED) is 0.338. The first-order valence-corrected chi connectivity index (χ1v) is 11.5. The lowest BCUT2D eigenvalue weighted by Crippen LogP contribution is -2.61. The van der Waals surface area contributed by atoms with E-state index in [-0.39, 0.29) is 37.2 Å². The minimum absolute atomic E-state index is 0. The highest BCUT2D eigenvalue weighted by Gasteiger charge is 2.53. The van der Waals surface area contributed by atoms with E-state index < -0.39 is 0 Å². The predicted molar refractivity (Wildman–Crippen MR) is 135 cm³/mol. The molecule has 5 fully saturated rings. The van der Waals surface area contributed by atoms with Crippen LogP contribution in [0, 0.1) is 17.8 Å².